The number of amides is 3. The molecule has 0 aliphatic rings. The molecule has 49 heavy (non-hydrogen) atoms. The molecule has 0 saturated heterocycles. The monoisotopic (exact) mass is 710 g/mol. The molecule has 0 aromatic carbocycles. The van der Waals surface area contributed by atoms with Crippen molar-refractivity contribution in [2.45, 2.75) is 108 Å². The highest BCUT2D eigenvalue weighted by Gasteiger charge is 2.32. The van der Waals surface area contributed by atoms with Crippen LogP contribution in [-0.4, -0.2) is 178 Å². The first-order valence-electron chi connectivity index (χ1n) is 15.9. The summed E-state index contributed by atoms with van der Waals surface area (Å²) in [7, 11) is 0. The number of nitrogens with zero attached hydrogens (tertiary/aromatic N) is 3. The second kappa shape index (κ2) is 22.0. The zero-order chi connectivity index (χ0) is 37.3. The highest BCUT2D eigenvalue weighted by Crippen LogP contribution is 2.18. The van der Waals surface area contributed by atoms with Gasteiger partial charge in [0.1, 0.15) is 42.7 Å². The van der Waals surface area contributed by atoms with Crippen molar-refractivity contribution in [2.75, 3.05) is 39.5 Å². The van der Waals surface area contributed by atoms with E-state index in [0.717, 1.165) is 12.1 Å². The van der Waals surface area contributed by atoms with Gasteiger partial charge in [-0.25, -0.2) is 4.68 Å². The minimum atomic E-state index is -1.96. The predicted molar refractivity (Wildman–Crippen MR) is 168 cm³/mol. The first kappa shape index (κ1) is 44.1. The quantitative estimate of drug-likeness (QED) is 0.0444. The number of carbonyl (C=O) groups excluding carboxylic acids is 3. The van der Waals surface area contributed by atoms with Gasteiger partial charge >= 0.3 is 0 Å². The van der Waals surface area contributed by atoms with Crippen molar-refractivity contribution >= 4 is 17.7 Å². The number of aromatic nitrogens is 3. The highest BCUT2D eigenvalue weighted by molar-refractivity contribution is 5.88. The Kier molecular flexibility index (Phi) is 19.8. The highest BCUT2D eigenvalue weighted by atomic mass is 16.5. The molecule has 0 spiro atoms. The van der Waals surface area contributed by atoms with Gasteiger partial charge in [-0.1, -0.05) is 26.0 Å². The van der Waals surface area contributed by atoms with Gasteiger partial charge in [0.05, 0.1) is 50.9 Å². The first-order chi connectivity index (χ1) is 22.9. The number of nitrogens with one attached hydrogen (secondary N) is 3. The molecule has 0 fully saturated rings. The van der Waals surface area contributed by atoms with E-state index in [2.05, 4.69) is 47.0 Å². The molecule has 9 atom stereocenters. The van der Waals surface area contributed by atoms with E-state index in [0.29, 0.717) is 6.54 Å². The molecule has 20 nitrogen and oxygen atoms in total. The van der Waals surface area contributed by atoms with E-state index < -0.39 is 105 Å². The van der Waals surface area contributed by atoms with Crippen LogP contribution in [0.25, 0.3) is 0 Å². The fourth-order valence-corrected chi connectivity index (χ4v) is 4.31. The maximum absolute atomic E-state index is 12.9. The smallest absolute Gasteiger partial charge is 0.242 e. The standard InChI is InChI=1S/C29H54N6O14/c1-29(2,3)10-16-13-35(34-33-16)7-9-49-8-6-23(43)32-17(28(48)31-12-19(39)25(45)27(47)21(41)15-37)4-5-22(42)30-11-18(38)24(44)26(46)20(40)14-36/h13,17-21,24-27,36-41,44-47H,4-12,14-15H2,1-3H3,(H,30,42)(H,31,48)(H,32,43)/t17?,18-,19-,20+,21+,24+,25+,26+,27+/m0/s1. The molecule has 3 amide bonds. The SMILES string of the molecule is CC(C)(C)Cc1cn(CCOCCC(=O)NC(CCC(=O)NC[C@H](O)[C@@H](O)[C@H](O)[C@H](O)CO)C(=O)NC[C@H](O)[C@@H](O)[C@H](O)[C@H](O)CO)nn1. The number of aliphatic hydroxyl groups is 10. The summed E-state index contributed by atoms with van der Waals surface area (Å²) in [5.74, 6) is -2.26. The Morgan fingerprint density at radius 3 is 1.84 bits per heavy atom. The fraction of sp³-hybridized carbons (Fsp3) is 0.828. The van der Waals surface area contributed by atoms with Crippen molar-refractivity contribution in [2.24, 2.45) is 5.41 Å². The molecule has 1 heterocycles. The van der Waals surface area contributed by atoms with Gasteiger partial charge in [0.2, 0.25) is 17.7 Å². The van der Waals surface area contributed by atoms with Crippen molar-refractivity contribution in [1.82, 2.24) is 30.9 Å². The van der Waals surface area contributed by atoms with Gasteiger partial charge in [0.25, 0.3) is 0 Å². The predicted octanol–water partition coefficient (Wildman–Crippen LogP) is -6.36. The van der Waals surface area contributed by atoms with Gasteiger partial charge in [-0.2, -0.15) is 0 Å². The van der Waals surface area contributed by atoms with Crippen molar-refractivity contribution in [3.63, 3.8) is 0 Å². The van der Waals surface area contributed by atoms with Gasteiger partial charge in [-0.3, -0.25) is 14.4 Å². The van der Waals surface area contributed by atoms with E-state index in [-0.39, 0.29) is 31.5 Å². The van der Waals surface area contributed by atoms with Gasteiger partial charge in [0, 0.05) is 32.1 Å². The average Bonchev–Trinajstić information content (AvgIpc) is 3.50. The Morgan fingerprint density at radius 1 is 0.776 bits per heavy atom. The number of ether oxygens (including phenoxy) is 1. The maximum atomic E-state index is 12.9. The zero-order valence-electron chi connectivity index (χ0n) is 28.0. The van der Waals surface area contributed by atoms with Crippen LogP contribution in [0.5, 0.6) is 0 Å². The number of hydrogen-bond donors (Lipinski definition) is 13. The Bertz CT molecular complexity index is 1120. The van der Waals surface area contributed by atoms with Crippen LogP contribution in [-0.2, 0) is 32.1 Å². The molecular formula is C29H54N6O14. The first-order valence-corrected chi connectivity index (χ1v) is 15.9. The lowest BCUT2D eigenvalue weighted by Crippen LogP contribution is -2.53. The molecule has 1 unspecified atom stereocenters. The lowest BCUT2D eigenvalue weighted by molar-refractivity contribution is -0.132. The number of hydrogen-bond acceptors (Lipinski definition) is 16. The molecule has 0 aliphatic heterocycles. The van der Waals surface area contributed by atoms with E-state index in [1.165, 1.54) is 0 Å². The third-order valence-electron chi connectivity index (χ3n) is 7.19. The third-order valence-corrected chi connectivity index (χ3v) is 7.19. The van der Waals surface area contributed by atoms with Gasteiger partial charge in [-0.15, -0.1) is 5.10 Å². The van der Waals surface area contributed by atoms with E-state index >= 15 is 0 Å². The summed E-state index contributed by atoms with van der Waals surface area (Å²) in [6.45, 7) is 3.78. The Morgan fingerprint density at radius 2 is 1.31 bits per heavy atom. The Balaban J connectivity index is 2.71. The molecule has 0 saturated carbocycles. The summed E-state index contributed by atoms with van der Waals surface area (Å²) in [5, 5.41) is 111. The summed E-state index contributed by atoms with van der Waals surface area (Å²) in [4.78, 5) is 38.0. The largest absolute Gasteiger partial charge is 0.394 e. The van der Waals surface area contributed by atoms with Gasteiger partial charge < -0.3 is 71.8 Å². The Labute approximate surface area is 283 Å². The zero-order valence-corrected chi connectivity index (χ0v) is 28.0. The van der Waals surface area contributed by atoms with Crippen LogP contribution in [0.3, 0.4) is 0 Å². The lowest BCUT2D eigenvalue weighted by Gasteiger charge is -2.26. The summed E-state index contributed by atoms with van der Waals surface area (Å²) >= 11 is 0. The molecule has 284 valence electrons. The average molecular weight is 711 g/mol. The van der Waals surface area contributed by atoms with E-state index in [1.54, 1.807) is 10.9 Å². The van der Waals surface area contributed by atoms with Crippen LogP contribution in [0.2, 0.25) is 0 Å². The van der Waals surface area contributed by atoms with Crippen molar-refractivity contribution in [3.8, 4) is 0 Å². The topological polar surface area (TPSA) is 330 Å². The van der Waals surface area contributed by atoms with Crippen LogP contribution >= 0.6 is 0 Å². The molecule has 0 bridgehead atoms. The Hall–Kier alpha value is -2.89. The summed E-state index contributed by atoms with van der Waals surface area (Å²) < 4.78 is 7.11. The molecule has 0 aliphatic carbocycles. The van der Waals surface area contributed by atoms with E-state index in [1.807, 2.05) is 0 Å². The van der Waals surface area contributed by atoms with Crippen molar-refractivity contribution in [1.29, 1.82) is 0 Å². The maximum Gasteiger partial charge on any atom is 0.242 e. The van der Waals surface area contributed by atoms with Crippen LogP contribution in [0.1, 0.15) is 45.7 Å². The lowest BCUT2D eigenvalue weighted by atomic mass is 9.91. The summed E-state index contributed by atoms with van der Waals surface area (Å²) in [6, 6.07) is -1.36. The molecule has 1 aromatic heterocycles. The molecule has 1 rings (SSSR count). The summed E-state index contributed by atoms with van der Waals surface area (Å²) in [5.41, 5.74) is 0.871. The van der Waals surface area contributed by atoms with Gasteiger partial charge in [-0.05, 0) is 18.3 Å². The molecular weight excluding hydrogens is 656 g/mol. The minimum absolute atomic E-state index is 0.0305. The normalized spacial score (nSPS) is 17.6. The van der Waals surface area contributed by atoms with Crippen molar-refractivity contribution < 1.29 is 70.2 Å². The second-order valence-electron chi connectivity index (χ2n) is 12.9. The van der Waals surface area contributed by atoms with Crippen LogP contribution in [0.15, 0.2) is 6.20 Å². The van der Waals surface area contributed by atoms with Crippen LogP contribution in [0, 0.1) is 5.41 Å². The number of carbonyl (C=O) groups is 3. The van der Waals surface area contributed by atoms with Crippen LogP contribution in [0.4, 0.5) is 0 Å². The fourth-order valence-electron chi connectivity index (χ4n) is 4.31. The van der Waals surface area contributed by atoms with E-state index in [4.69, 9.17) is 14.9 Å². The minimum Gasteiger partial charge on any atom is -0.394 e. The molecule has 13 N–H and O–H groups in total. The van der Waals surface area contributed by atoms with Crippen molar-refractivity contribution in [3.05, 3.63) is 11.9 Å². The second-order valence-corrected chi connectivity index (χ2v) is 12.9. The van der Waals surface area contributed by atoms with E-state index in [9.17, 15) is 55.2 Å². The number of aliphatic hydroxyl groups excluding tert-OH is 10. The number of rotatable bonds is 24. The van der Waals surface area contributed by atoms with Crippen LogP contribution < -0.4 is 16.0 Å². The third kappa shape index (κ3) is 17.1. The van der Waals surface area contributed by atoms with Gasteiger partial charge in [0.15, 0.2) is 0 Å². The molecule has 20 heteroatoms. The molecule has 0 radical (unpaired) electrons. The summed E-state index contributed by atoms with van der Waals surface area (Å²) in [6.07, 6.45) is -13.1. The molecule has 1 aromatic rings.